The van der Waals surface area contributed by atoms with E-state index >= 15 is 0 Å². The molecule has 4 atom stereocenters. The van der Waals surface area contributed by atoms with Crippen molar-refractivity contribution in [2.75, 3.05) is 5.73 Å². The number of nitrogen functional groups attached to an aromatic ring is 1. The van der Waals surface area contributed by atoms with Gasteiger partial charge in [-0.3, -0.25) is 0 Å². The van der Waals surface area contributed by atoms with Crippen LogP contribution in [0.1, 0.15) is 90.0 Å². The molecular weight excluding hydrogens is 500 g/mol. The van der Waals surface area contributed by atoms with Crippen molar-refractivity contribution >= 4 is 17.8 Å². The highest BCUT2D eigenvalue weighted by molar-refractivity contribution is 6.00. The standard InChI is InChI=1S/C34H40N2O4/c1-3-5-8-26-34-15-11-21(24(30(34)32(38)40-26)17-20-12-16-36-27(35)18-20)22-9-10-23-25(39-31(37)28(23)29(22)34)19-33(4-2)13-6-7-14-33/h8,12,16,18-19,21-22,29H,3-7,9-11,13-15,17H2,1-2H3,(H2,35,36)/b25-19?,26-8-/t21-,22-,29+,34-/m0/s1. The molecule has 2 aliphatic heterocycles. The maximum atomic E-state index is 13.8. The van der Waals surface area contributed by atoms with Crippen LogP contribution in [0.3, 0.4) is 0 Å². The Kier molecular flexibility index (Phi) is 6.10. The minimum absolute atomic E-state index is 0.0784. The SMILES string of the molecule is CCC/C=C1\OC(=O)C2=C(Cc3ccnc(N)c3)[C@H]3CC[C@]21[C@H]1C2=C(CC[C@@H]31)C(=CC1(CC)CCCC1)OC2=O. The van der Waals surface area contributed by atoms with Crippen molar-refractivity contribution in [1.82, 2.24) is 4.98 Å². The average molecular weight is 541 g/mol. The van der Waals surface area contributed by atoms with Crippen molar-refractivity contribution < 1.29 is 19.1 Å². The van der Waals surface area contributed by atoms with Gasteiger partial charge in [-0.1, -0.05) is 38.7 Å². The third-order valence-corrected chi connectivity index (χ3v) is 11.1. The lowest BCUT2D eigenvalue weighted by atomic mass is 9.44. The van der Waals surface area contributed by atoms with E-state index < -0.39 is 5.41 Å². The van der Waals surface area contributed by atoms with E-state index in [-0.39, 0.29) is 35.1 Å². The van der Waals surface area contributed by atoms with Gasteiger partial charge < -0.3 is 15.2 Å². The largest absolute Gasteiger partial charge is 0.427 e. The van der Waals surface area contributed by atoms with Gasteiger partial charge in [-0.25, -0.2) is 14.6 Å². The van der Waals surface area contributed by atoms with Gasteiger partial charge in [0, 0.05) is 23.3 Å². The summed E-state index contributed by atoms with van der Waals surface area (Å²) in [5.41, 5.74) is 10.6. The molecule has 0 unspecified atom stereocenters. The first kappa shape index (κ1) is 25.8. The molecular formula is C34H40N2O4. The summed E-state index contributed by atoms with van der Waals surface area (Å²) in [6, 6.07) is 3.90. The number of nitrogens with two attached hydrogens (primary N) is 1. The Bertz CT molecular complexity index is 1410. The second-order valence-electron chi connectivity index (χ2n) is 12.9. The lowest BCUT2D eigenvalue weighted by molar-refractivity contribution is -0.135. The molecule has 6 heteroatoms. The number of unbranched alkanes of at least 4 members (excludes halogenated alkanes) is 1. The van der Waals surface area contributed by atoms with E-state index in [9.17, 15) is 9.59 Å². The summed E-state index contributed by atoms with van der Waals surface area (Å²) in [6.07, 6.45) is 18.2. The van der Waals surface area contributed by atoms with E-state index in [4.69, 9.17) is 15.2 Å². The monoisotopic (exact) mass is 540 g/mol. The Morgan fingerprint density at radius 3 is 2.67 bits per heavy atom. The van der Waals surface area contributed by atoms with Crippen molar-refractivity contribution in [1.29, 1.82) is 0 Å². The molecule has 1 aromatic rings. The molecule has 0 amide bonds. The van der Waals surface area contributed by atoms with Gasteiger partial charge in [0.15, 0.2) is 0 Å². The molecule has 5 aliphatic carbocycles. The van der Waals surface area contributed by atoms with Gasteiger partial charge in [0.2, 0.25) is 0 Å². The lowest BCUT2D eigenvalue weighted by Gasteiger charge is -2.56. The molecule has 6 nitrogen and oxygen atoms in total. The van der Waals surface area contributed by atoms with Crippen molar-refractivity contribution in [3.8, 4) is 0 Å². The first-order valence-corrected chi connectivity index (χ1v) is 15.5. The van der Waals surface area contributed by atoms with E-state index in [1.807, 2.05) is 12.1 Å². The minimum Gasteiger partial charge on any atom is -0.427 e. The number of hydrogen-bond acceptors (Lipinski definition) is 6. The lowest BCUT2D eigenvalue weighted by Crippen LogP contribution is -2.52. The summed E-state index contributed by atoms with van der Waals surface area (Å²) in [6.45, 7) is 4.40. The number of anilines is 1. The molecule has 3 fully saturated rings. The van der Waals surface area contributed by atoms with Crippen LogP contribution in [0.15, 0.2) is 64.3 Å². The Morgan fingerprint density at radius 2 is 1.93 bits per heavy atom. The molecule has 7 aliphatic rings. The fourth-order valence-electron chi connectivity index (χ4n) is 9.29. The van der Waals surface area contributed by atoms with Gasteiger partial charge in [-0.15, -0.1) is 0 Å². The Morgan fingerprint density at radius 1 is 1.10 bits per heavy atom. The molecule has 2 saturated carbocycles. The van der Waals surface area contributed by atoms with Gasteiger partial charge in [0.05, 0.1) is 11.0 Å². The Labute approximate surface area is 236 Å². The molecule has 0 radical (unpaired) electrons. The van der Waals surface area contributed by atoms with Crippen LogP contribution in [0.25, 0.3) is 0 Å². The molecule has 0 aromatic carbocycles. The molecule has 1 spiro atoms. The van der Waals surface area contributed by atoms with Crippen molar-refractivity contribution in [2.45, 2.75) is 90.9 Å². The van der Waals surface area contributed by atoms with Crippen molar-refractivity contribution in [3.05, 3.63) is 69.9 Å². The number of esters is 2. The summed E-state index contributed by atoms with van der Waals surface area (Å²) < 4.78 is 12.3. The fourth-order valence-corrected chi connectivity index (χ4v) is 9.29. The van der Waals surface area contributed by atoms with Crippen LogP contribution in [-0.2, 0) is 25.5 Å². The number of carbonyl (C=O) groups is 2. The molecule has 8 rings (SSSR count). The van der Waals surface area contributed by atoms with Crippen LogP contribution < -0.4 is 5.73 Å². The highest BCUT2D eigenvalue weighted by Crippen LogP contribution is 2.70. The number of nitrogens with zero attached hydrogens (tertiary/aromatic N) is 1. The van der Waals surface area contributed by atoms with Gasteiger partial charge >= 0.3 is 11.9 Å². The highest BCUT2D eigenvalue weighted by Gasteiger charge is 2.68. The quantitative estimate of drug-likeness (QED) is 0.395. The second kappa shape index (κ2) is 9.46. The third kappa shape index (κ3) is 3.63. The van der Waals surface area contributed by atoms with Crippen molar-refractivity contribution in [2.24, 2.45) is 28.6 Å². The Hall–Kier alpha value is -3.15. The third-order valence-electron chi connectivity index (χ3n) is 11.1. The summed E-state index contributed by atoms with van der Waals surface area (Å²) in [5, 5.41) is 0. The maximum Gasteiger partial charge on any atom is 0.340 e. The number of hydrogen-bond donors (Lipinski definition) is 1. The van der Waals surface area contributed by atoms with Crippen LogP contribution in [0.4, 0.5) is 5.82 Å². The number of carbonyl (C=O) groups excluding carboxylic acids is 2. The number of rotatable bonds is 6. The summed E-state index contributed by atoms with van der Waals surface area (Å²) >= 11 is 0. The Balaban J connectivity index is 1.39. The first-order chi connectivity index (χ1) is 19.4. The van der Waals surface area contributed by atoms with Crippen LogP contribution >= 0.6 is 0 Å². The van der Waals surface area contributed by atoms with Crippen LogP contribution in [-0.4, -0.2) is 16.9 Å². The fraction of sp³-hybridized carbons (Fsp3) is 0.559. The summed E-state index contributed by atoms with van der Waals surface area (Å²) in [4.78, 5) is 31.7. The van der Waals surface area contributed by atoms with E-state index in [0.717, 1.165) is 91.6 Å². The number of cyclic esters (lactones) is 2. The smallest absolute Gasteiger partial charge is 0.340 e. The molecule has 210 valence electrons. The number of aromatic nitrogens is 1. The van der Waals surface area contributed by atoms with E-state index in [1.165, 1.54) is 18.4 Å². The topological polar surface area (TPSA) is 91.5 Å². The van der Waals surface area contributed by atoms with Crippen molar-refractivity contribution in [3.63, 3.8) is 0 Å². The predicted octanol–water partition coefficient (Wildman–Crippen LogP) is 6.89. The predicted molar refractivity (Wildman–Crippen MR) is 152 cm³/mol. The normalized spacial score (nSPS) is 33.9. The van der Waals surface area contributed by atoms with E-state index in [1.54, 1.807) is 6.20 Å². The van der Waals surface area contributed by atoms with Gasteiger partial charge in [0.25, 0.3) is 0 Å². The number of fused-ring (bicyclic) bond motifs is 1. The number of allylic oxidation sites excluding steroid dienone is 5. The van der Waals surface area contributed by atoms with E-state index in [0.29, 0.717) is 12.2 Å². The second-order valence-corrected chi connectivity index (χ2v) is 12.9. The zero-order valence-corrected chi connectivity index (χ0v) is 23.8. The van der Waals surface area contributed by atoms with Crippen LogP contribution in [0, 0.1) is 28.6 Å². The highest BCUT2D eigenvalue weighted by atomic mass is 16.5. The van der Waals surface area contributed by atoms with E-state index in [2.05, 4.69) is 31.0 Å². The molecule has 2 bridgehead atoms. The molecule has 40 heavy (non-hydrogen) atoms. The average Bonchev–Trinajstić information content (AvgIpc) is 3.63. The first-order valence-electron chi connectivity index (χ1n) is 15.5. The minimum atomic E-state index is -0.592. The maximum absolute atomic E-state index is 13.8. The van der Waals surface area contributed by atoms with Gasteiger partial charge in [-0.05, 0) is 105 Å². The number of ether oxygens (including phenoxy) is 2. The molecule has 3 heterocycles. The molecule has 1 aromatic heterocycles. The van der Waals surface area contributed by atoms with Gasteiger partial charge in [0.1, 0.15) is 17.3 Å². The molecule has 2 N–H and O–H groups in total. The zero-order chi connectivity index (χ0) is 27.6. The van der Waals surface area contributed by atoms with Gasteiger partial charge in [-0.2, -0.15) is 0 Å². The number of pyridine rings is 1. The van der Waals surface area contributed by atoms with Crippen LogP contribution in [0.2, 0.25) is 0 Å². The summed E-state index contributed by atoms with van der Waals surface area (Å²) in [7, 11) is 0. The van der Waals surface area contributed by atoms with Crippen LogP contribution in [0.5, 0.6) is 0 Å². The summed E-state index contributed by atoms with van der Waals surface area (Å²) in [5.74, 6) is 2.08. The molecule has 1 saturated heterocycles. The zero-order valence-electron chi connectivity index (χ0n) is 23.8.